The molecule has 21 heavy (non-hydrogen) atoms. The number of hydrogen-bond acceptors (Lipinski definition) is 0. The van der Waals surface area contributed by atoms with Gasteiger partial charge in [-0.15, -0.1) is 0 Å². The lowest BCUT2D eigenvalue weighted by atomic mass is 9.79. The van der Waals surface area contributed by atoms with Crippen molar-refractivity contribution < 1.29 is 4.90 Å². The Morgan fingerprint density at radius 1 is 0.714 bits per heavy atom. The van der Waals surface area contributed by atoms with Crippen LogP contribution in [0.1, 0.15) is 84.0 Å². The third-order valence-electron chi connectivity index (χ3n) is 6.83. The smallest absolute Gasteiger partial charge is 0.0799 e. The minimum atomic E-state index is 1.01. The largest absolute Gasteiger partial charge is 0.335 e. The van der Waals surface area contributed by atoms with Crippen LogP contribution in [0.25, 0.3) is 0 Å². The predicted molar refractivity (Wildman–Crippen MR) is 90.6 cm³/mol. The molecule has 2 saturated carbocycles. The first-order valence-corrected chi connectivity index (χ1v) is 10.1. The lowest BCUT2D eigenvalue weighted by molar-refractivity contribution is -0.909. The molecule has 1 aliphatic heterocycles. The summed E-state index contributed by atoms with van der Waals surface area (Å²) in [5.41, 5.74) is 0. The van der Waals surface area contributed by atoms with Crippen LogP contribution in [0.4, 0.5) is 0 Å². The summed E-state index contributed by atoms with van der Waals surface area (Å²) in [6.07, 6.45) is 18.4. The molecule has 3 fully saturated rings. The molecule has 2 atom stereocenters. The molecule has 0 aromatic rings. The van der Waals surface area contributed by atoms with Crippen molar-refractivity contribution in [3.8, 4) is 0 Å². The standard InChI is InChI=1S/C20H37N/c1-17-6-5-9-20(14-17)16-21-12-10-19(11-13-21)15-18-7-3-2-4-8-18/h17-20H,2-16H2,1H3/p+1. The first-order chi connectivity index (χ1) is 10.3. The van der Waals surface area contributed by atoms with Crippen LogP contribution in [0, 0.1) is 23.7 Å². The molecule has 1 heteroatoms. The zero-order valence-electron chi connectivity index (χ0n) is 14.4. The minimum absolute atomic E-state index is 1.01. The summed E-state index contributed by atoms with van der Waals surface area (Å²) in [4.78, 5) is 1.95. The summed E-state index contributed by atoms with van der Waals surface area (Å²) in [6, 6.07) is 0. The van der Waals surface area contributed by atoms with Crippen molar-refractivity contribution in [2.45, 2.75) is 84.0 Å². The van der Waals surface area contributed by atoms with Gasteiger partial charge in [-0.2, -0.15) is 0 Å². The maximum absolute atomic E-state index is 2.47. The Morgan fingerprint density at radius 2 is 1.38 bits per heavy atom. The highest BCUT2D eigenvalue weighted by Crippen LogP contribution is 2.32. The molecular weight excluding hydrogens is 254 g/mol. The second-order valence-corrected chi connectivity index (χ2v) is 8.78. The van der Waals surface area contributed by atoms with Gasteiger partial charge in [0.1, 0.15) is 0 Å². The van der Waals surface area contributed by atoms with Crippen LogP contribution in [0.2, 0.25) is 0 Å². The molecule has 0 spiro atoms. The van der Waals surface area contributed by atoms with Gasteiger partial charge in [0, 0.05) is 5.92 Å². The average Bonchev–Trinajstić information content (AvgIpc) is 2.50. The lowest BCUT2D eigenvalue weighted by Gasteiger charge is -2.35. The Labute approximate surface area is 132 Å². The number of nitrogens with one attached hydrogen (secondary N) is 1. The Kier molecular flexibility index (Phi) is 6.03. The van der Waals surface area contributed by atoms with Crippen LogP contribution in [0.15, 0.2) is 0 Å². The Morgan fingerprint density at radius 3 is 2.10 bits per heavy atom. The molecule has 1 saturated heterocycles. The topological polar surface area (TPSA) is 4.44 Å². The number of hydrogen-bond donors (Lipinski definition) is 1. The molecule has 122 valence electrons. The molecule has 0 aromatic heterocycles. The van der Waals surface area contributed by atoms with Gasteiger partial charge in [-0.1, -0.05) is 51.9 Å². The van der Waals surface area contributed by atoms with Gasteiger partial charge in [0.05, 0.1) is 19.6 Å². The average molecular weight is 293 g/mol. The second kappa shape index (κ2) is 7.99. The van der Waals surface area contributed by atoms with Crippen LogP contribution in [-0.2, 0) is 0 Å². The normalized spacial score (nSPS) is 39.3. The molecule has 2 aliphatic carbocycles. The van der Waals surface area contributed by atoms with Gasteiger partial charge in [0.2, 0.25) is 0 Å². The van der Waals surface area contributed by atoms with Crippen molar-refractivity contribution in [3.05, 3.63) is 0 Å². The third-order valence-corrected chi connectivity index (χ3v) is 6.83. The van der Waals surface area contributed by atoms with E-state index in [-0.39, 0.29) is 0 Å². The molecule has 3 rings (SSSR count). The lowest BCUT2D eigenvalue weighted by Crippen LogP contribution is -3.13. The van der Waals surface area contributed by atoms with Gasteiger partial charge in [0.25, 0.3) is 0 Å². The maximum Gasteiger partial charge on any atom is 0.0799 e. The number of quaternary nitrogens is 1. The maximum atomic E-state index is 2.47. The van der Waals surface area contributed by atoms with E-state index in [1.165, 1.54) is 77.4 Å². The molecule has 1 heterocycles. The Balaban J connectivity index is 1.34. The number of piperidine rings is 1. The summed E-state index contributed by atoms with van der Waals surface area (Å²) in [6.45, 7) is 6.95. The van der Waals surface area contributed by atoms with Crippen molar-refractivity contribution in [1.29, 1.82) is 0 Å². The monoisotopic (exact) mass is 292 g/mol. The van der Waals surface area contributed by atoms with Gasteiger partial charge < -0.3 is 4.90 Å². The Bertz CT molecular complexity index is 286. The fourth-order valence-corrected chi connectivity index (χ4v) is 5.57. The number of rotatable bonds is 4. The van der Waals surface area contributed by atoms with Crippen LogP contribution in [0.5, 0.6) is 0 Å². The van der Waals surface area contributed by atoms with Crippen LogP contribution < -0.4 is 4.90 Å². The zero-order valence-corrected chi connectivity index (χ0v) is 14.4. The van der Waals surface area contributed by atoms with E-state index in [4.69, 9.17) is 0 Å². The minimum Gasteiger partial charge on any atom is -0.335 e. The summed E-state index contributed by atoms with van der Waals surface area (Å²) in [5, 5.41) is 0. The molecule has 0 bridgehead atoms. The first kappa shape index (κ1) is 15.8. The van der Waals surface area contributed by atoms with E-state index in [1.54, 1.807) is 19.3 Å². The molecule has 1 nitrogen and oxygen atoms in total. The van der Waals surface area contributed by atoms with E-state index in [1.807, 2.05) is 4.90 Å². The van der Waals surface area contributed by atoms with Crippen LogP contribution in [-0.4, -0.2) is 19.6 Å². The number of likely N-dealkylation sites (tertiary alicyclic amines) is 1. The highest BCUT2D eigenvalue weighted by Gasteiger charge is 2.28. The van der Waals surface area contributed by atoms with Gasteiger partial charge in [-0.05, 0) is 49.9 Å². The molecule has 1 N–H and O–H groups in total. The van der Waals surface area contributed by atoms with Crippen LogP contribution in [0.3, 0.4) is 0 Å². The van der Waals surface area contributed by atoms with Crippen molar-refractivity contribution in [1.82, 2.24) is 0 Å². The quantitative estimate of drug-likeness (QED) is 0.796. The fourth-order valence-electron chi connectivity index (χ4n) is 5.57. The fraction of sp³-hybridized carbons (Fsp3) is 1.00. The summed E-state index contributed by atoms with van der Waals surface area (Å²) in [5.74, 6) is 4.25. The van der Waals surface area contributed by atoms with Crippen molar-refractivity contribution in [3.63, 3.8) is 0 Å². The van der Waals surface area contributed by atoms with E-state index in [0.29, 0.717) is 0 Å². The highest BCUT2D eigenvalue weighted by atomic mass is 15.1. The van der Waals surface area contributed by atoms with E-state index in [2.05, 4.69) is 6.92 Å². The Hall–Kier alpha value is -0.0400. The molecule has 0 radical (unpaired) electrons. The third kappa shape index (κ3) is 4.98. The molecular formula is C20H38N+. The first-order valence-electron chi connectivity index (χ1n) is 10.1. The summed E-state index contributed by atoms with van der Waals surface area (Å²) >= 11 is 0. The van der Waals surface area contributed by atoms with Gasteiger partial charge in [0.15, 0.2) is 0 Å². The van der Waals surface area contributed by atoms with Gasteiger partial charge >= 0.3 is 0 Å². The highest BCUT2D eigenvalue weighted by molar-refractivity contribution is 4.73. The van der Waals surface area contributed by atoms with Crippen LogP contribution >= 0.6 is 0 Å². The van der Waals surface area contributed by atoms with Crippen molar-refractivity contribution >= 4 is 0 Å². The van der Waals surface area contributed by atoms with Crippen molar-refractivity contribution in [2.24, 2.45) is 23.7 Å². The SMILES string of the molecule is CC1CCCC(C[NH+]2CCC(CC3CCCCC3)CC2)C1. The van der Waals surface area contributed by atoms with E-state index in [0.717, 1.165) is 23.7 Å². The summed E-state index contributed by atoms with van der Waals surface area (Å²) < 4.78 is 0. The van der Waals surface area contributed by atoms with E-state index in [9.17, 15) is 0 Å². The second-order valence-electron chi connectivity index (χ2n) is 8.78. The van der Waals surface area contributed by atoms with Crippen molar-refractivity contribution in [2.75, 3.05) is 19.6 Å². The molecule has 0 amide bonds. The van der Waals surface area contributed by atoms with E-state index >= 15 is 0 Å². The van der Waals surface area contributed by atoms with Gasteiger partial charge in [-0.25, -0.2) is 0 Å². The van der Waals surface area contributed by atoms with Gasteiger partial charge in [-0.3, -0.25) is 0 Å². The summed E-state index contributed by atoms with van der Waals surface area (Å²) in [7, 11) is 0. The molecule has 2 unspecified atom stereocenters. The van der Waals surface area contributed by atoms with E-state index < -0.39 is 0 Å². The predicted octanol–water partition coefficient (Wildman–Crippen LogP) is 4.08. The molecule has 3 aliphatic rings. The molecule has 0 aromatic carbocycles. The zero-order chi connectivity index (χ0) is 14.5.